The van der Waals surface area contributed by atoms with Gasteiger partial charge in [0.2, 0.25) is 0 Å². The van der Waals surface area contributed by atoms with Crippen molar-refractivity contribution in [1.29, 1.82) is 0 Å². The molecule has 18 heavy (non-hydrogen) atoms. The molecule has 0 aromatic carbocycles. The van der Waals surface area contributed by atoms with E-state index in [2.05, 4.69) is 40.2 Å². The highest BCUT2D eigenvalue weighted by Crippen LogP contribution is 2.16. The average molecular weight is 248 g/mol. The van der Waals surface area contributed by atoms with Gasteiger partial charge in [-0.1, -0.05) is 13.3 Å². The van der Waals surface area contributed by atoms with E-state index in [-0.39, 0.29) is 0 Å². The van der Waals surface area contributed by atoms with Crippen LogP contribution in [0.15, 0.2) is 12.4 Å². The third-order valence-electron chi connectivity index (χ3n) is 3.52. The quantitative estimate of drug-likeness (QED) is 0.867. The number of nitrogens with one attached hydrogen (secondary N) is 1. The molecule has 100 valence electrons. The molecule has 1 unspecified atom stereocenters. The van der Waals surface area contributed by atoms with Crippen LogP contribution in [-0.2, 0) is 6.42 Å². The van der Waals surface area contributed by atoms with E-state index in [4.69, 9.17) is 0 Å². The molecule has 0 bridgehead atoms. The SMILES string of the molecule is CCCc1cc(NCC2CCCN(C)C2)ncn1. The molecule has 1 saturated heterocycles. The van der Waals surface area contributed by atoms with Gasteiger partial charge in [-0.2, -0.15) is 0 Å². The summed E-state index contributed by atoms with van der Waals surface area (Å²) in [6.45, 7) is 5.63. The molecule has 2 rings (SSSR count). The zero-order valence-electron chi connectivity index (χ0n) is 11.5. The molecule has 2 heterocycles. The van der Waals surface area contributed by atoms with Crippen molar-refractivity contribution in [3.63, 3.8) is 0 Å². The molecule has 1 aliphatic rings. The first-order valence-electron chi connectivity index (χ1n) is 7.01. The molecule has 0 spiro atoms. The summed E-state index contributed by atoms with van der Waals surface area (Å²) in [5.41, 5.74) is 1.13. The van der Waals surface area contributed by atoms with Crippen LogP contribution < -0.4 is 5.32 Å². The molecule has 1 atom stereocenters. The minimum atomic E-state index is 0.744. The van der Waals surface area contributed by atoms with E-state index in [1.54, 1.807) is 6.33 Å². The number of rotatable bonds is 5. The zero-order chi connectivity index (χ0) is 12.8. The molecule has 1 fully saturated rings. The lowest BCUT2D eigenvalue weighted by Gasteiger charge is -2.29. The van der Waals surface area contributed by atoms with E-state index in [9.17, 15) is 0 Å². The number of likely N-dealkylation sites (tertiary alicyclic amines) is 1. The molecular weight excluding hydrogens is 224 g/mol. The van der Waals surface area contributed by atoms with Crippen molar-refractivity contribution in [3.8, 4) is 0 Å². The fraction of sp³-hybridized carbons (Fsp3) is 0.714. The lowest BCUT2D eigenvalue weighted by molar-refractivity contribution is 0.217. The van der Waals surface area contributed by atoms with Crippen LogP contribution in [0, 0.1) is 5.92 Å². The third kappa shape index (κ3) is 3.95. The van der Waals surface area contributed by atoms with Gasteiger partial charge < -0.3 is 10.2 Å². The Morgan fingerprint density at radius 2 is 2.33 bits per heavy atom. The van der Waals surface area contributed by atoms with Crippen molar-refractivity contribution < 1.29 is 0 Å². The second kappa shape index (κ2) is 6.69. The van der Waals surface area contributed by atoms with Gasteiger partial charge in [0, 0.05) is 24.8 Å². The molecular formula is C14H24N4. The smallest absolute Gasteiger partial charge is 0.129 e. The number of piperidine rings is 1. The predicted octanol–water partition coefficient (Wildman–Crippen LogP) is 2.18. The van der Waals surface area contributed by atoms with Crippen LogP contribution in [-0.4, -0.2) is 41.5 Å². The molecule has 0 saturated carbocycles. The third-order valence-corrected chi connectivity index (χ3v) is 3.52. The van der Waals surface area contributed by atoms with Gasteiger partial charge in [-0.3, -0.25) is 0 Å². The van der Waals surface area contributed by atoms with E-state index in [0.717, 1.165) is 36.8 Å². The van der Waals surface area contributed by atoms with Gasteiger partial charge in [-0.05, 0) is 38.8 Å². The predicted molar refractivity (Wildman–Crippen MR) is 74.7 cm³/mol. The summed E-state index contributed by atoms with van der Waals surface area (Å²) < 4.78 is 0. The molecule has 1 aliphatic heterocycles. The van der Waals surface area contributed by atoms with Crippen molar-refractivity contribution in [1.82, 2.24) is 14.9 Å². The number of aromatic nitrogens is 2. The Kier molecular flexibility index (Phi) is 4.93. The maximum Gasteiger partial charge on any atom is 0.129 e. The van der Waals surface area contributed by atoms with Gasteiger partial charge >= 0.3 is 0 Å². The molecule has 1 N–H and O–H groups in total. The Morgan fingerprint density at radius 3 is 3.11 bits per heavy atom. The van der Waals surface area contributed by atoms with Crippen LogP contribution in [0.5, 0.6) is 0 Å². The summed E-state index contributed by atoms with van der Waals surface area (Å²) in [5.74, 6) is 1.72. The molecule has 0 aliphatic carbocycles. The van der Waals surface area contributed by atoms with Crippen LogP contribution in [0.25, 0.3) is 0 Å². The van der Waals surface area contributed by atoms with Crippen molar-refractivity contribution in [2.45, 2.75) is 32.6 Å². The van der Waals surface area contributed by atoms with Crippen molar-refractivity contribution in [2.75, 3.05) is 32.0 Å². The maximum atomic E-state index is 4.29. The lowest BCUT2D eigenvalue weighted by atomic mass is 9.98. The van der Waals surface area contributed by atoms with Crippen LogP contribution in [0.3, 0.4) is 0 Å². The van der Waals surface area contributed by atoms with Crippen LogP contribution in [0.2, 0.25) is 0 Å². The largest absolute Gasteiger partial charge is 0.370 e. The van der Waals surface area contributed by atoms with Crippen molar-refractivity contribution >= 4 is 5.82 Å². The molecule has 1 aromatic rings. The first-order chi connectivity index (χ1) is 8.78. The summed E-state index contributed by atoms with van der Waals surface area (Å²) in [4.78, 5) is 11.0. The number of hydrogen-bond acceptors (Lipinski definition) is 4. The highest BCUT2D eigenvalue weighted by atomic mass is 15.1. The standard InChI is InChI=1S/C14H24N4/c1-3-5-13-8-14(17-11-16-13)15-9-12-6-4-7-18(2)10-12/h8,11-12H,3-7,9-10H2,1-2H3,(H,15,16,17). The van der Waals surface area contributed by atoms with E-state index in [1.807, 2.05) is 0 Å². The fourth-order valence-electron chi connectivity index (χ4n) is 2.58. The summed E-state index contributed by atoms with van der Waals surface area (Å²) in [7, 11) is 2.20. The van der Waals surface area contributed by atoms with E-state index in [0.29, 0.717) is 0 Å². The Hall–Kier alpha value is -1.16. The fourth-order valence-corrected chi connectivity index (χ4v) is 2.58. The van der Waals surface area contributed by atoms with Gasteiger partial charge in [0.1, 0.15) is 12.1 Å². The average Bonchev–Trinajstić information content (AvgIpc) is 2.37. The minimum absolute atomic E-state index is 0.744. The first kappa shape index (κ1) is 13.3. The van der Waals surface area contributed by atoms with Gasteiger partial charge in [-0.25, -0.2) is 9.97 Å². The van der Waals surface area contributed by atoms with Gasteiger partial charge in [0.05, 0.1) is 0 Å². The van der Waals surface area contributed by atoms with Gasteiger partial charge in [0.25, 0.3) is 0 Å². The Balaban J connectivity index is 1.83. The highest BCUT2D eigenvalue weighted by molar-refractivity contribution is 5.34. The second-order valence-corrected chi connectivity index (χ2v) is 5.30. The summed E-state index contributed by atoms with van der Waals surface area (Å²) in [5, 5.41) is 3.46. The Bertz CT molecular complexity index is 367. The Morgan fingerprint density at radius 1 is 1.44 bits per heavy atom. The minimum Gasteiger partial charge on any atom is -0.370 e. The van der Waals surface area contributed by atoms with Crippen molar-refractivity contribution in [3.05, 3.63) is 18.1 Å². The Labute approximate surface area is 110 Å². The normalized spacial score (nSPS) is 20.9. The molecule has 0 radical (unpaired) electrons. The lowest BCUT2D eigenvalue weighted by Crippen LogP contribution is -2.35. The summed E-state index contributed by atoms with van der Waals surface area (Å²) in [6.07, 6.45) is 6.46. The van der Waals surface area contributed by atoms with Gasteiger partial charge in [0.15, 0.2) is 0 Å². The second-order valence-electron chi connectivity index (χ2n) is 5.30. The zero-order valence-corrected chi connectivity index (χ0v) is 11.5. The number of aryl methyl sites for hydroxylation is 1. The maximum absolute atomic E-state index is 4.29. The number of nitrogens with zero attached hydrogens (tertiary/aromatic N) is 3. The van der Waals surface area contributed by atoms with Crippen LogP contribution in [0.1, 0.15) is 31.9 Å². The molecule has 0 amide bonds. The number of anilines is 1. The topological polar surface area (TPSA) is 41.0 Å². The van der Waals surface area contributed by atoms with E-state index in [1.165, 1.54) is 25.9 Å². The van der Waals surface area contributed by atoms with Crippen LogP contribution >= 0.6 is 0 Å². The molecule has 4 heteroatoms. The monoisotopic (exact) mass is 248 g/mol. The number of hydrogen-bond donors (Lipinski definition) is 1. The van der Waals surface area contributed by atoms with Crippen LogP contribution in [0.4, 0.5) is 5.82 Å². The highest BCUT2D eigenvalue weighted by Gasteiger charge is 2.16. The van der Waals surface area contributed by atoms with Gasteiger partial charge in [-0.15, -0.1) is 0 Å². The van der Waals surface area contributed by atoms with E-state index < -0.39 is 0 Å². The first-order valence-corrected chi connectivity index (χ1v) is 7.01. The van der Waals surface area contributed by atoms with Crippen molar-refractivity contribution in [2.24, 2.45) is 5.92 Å². The molecule has 1 aromatic heterocycles. The van der Waals surface area contributed by atoms with E-state index >= 15 is 0 Å². The summed E-state index contributed by atoms with van der Waals surface area (Å²) >= 11 is 0. The summed E-state index contributed by atoms with van der Waals surface area (Å²) in [6, 6.07) is 2.08. The molecule has 4 nitrogen and oxygen atoms in total.